The highest BCUT2D eigenvalue weighted by molar-refractivity contribution is 5.69. The van der Waals surface area contributed by atoms with Gasteiger partial charge in [0.15, 0.2) is 0 Å². The molecule has 4 rings (SSSR count). The summed E-state index contributed by atoms with van der Waals surface area (Å²) in [5.41, 5.74) is 2.64. The highest BCUT2D eigenvalue weighted by Gasteiger charge is 2.36. The lowest BCUT2D eigenvalue weighted by Crippen LogP contribution is -2.56. The van der Waals surface area contributed by atoms with Gasteiger partial charge in [-0.05, 0) is 61.6 Å². The molecule has 0 spiro atoms. The third-order valence-electron chi connectivity index (χ3n) is 7.70. The Kier molecular flexibility index (Phi) is 8.57. The molecule has 0 bridgehead atoms. The normalized spacial score (nSPS) is 22.0. The molecule has 2 saturated heterocycles. The average Bonchev–Trinajstić information content (AvgIpc) is 2.88. The number of carbonyl (C=O) groups excluding carboxylic acids is 1. The summed E-state index contributed by atoms with van der Waals surface area (Å²) >= 11 is 0. The van der Waals surface area contributed by atoms with Gasteiger partial charge in [-0.3, -0.25) is 14.6 Å². The van der Waals surface area contributed by atoms with E-state index in [1.807, 2.05) is 4.90 Å². The summed E-state index contributed by atoms with van der Waals surface area (Å²) in [7, 11) is 1.43. The third-order valence-corrected chi connectivity index (χ3v) is 7.70. The van der Waals surface area contributed by atoms with Crippen molar-refractivity contribution in [1.29, 1.82) is 0 Å². The number of rotatable bonds is 7. The summed E-state index contributed by atoms with van der Waals surface area (Å²) in [4.78, 5) is 18.9. The quantitative estimate of drug-likeness (QED) is 0.498. The number of methoxy groups -OCH3 is 1. The molecule has 36 heavy (non-hydrogen) atoms. The monoisotopic (exact) mass is 503 g/mol. The second-order valence-corrected chi connectivity index (χ2v) is 9.96. The van der Waals surface area contributed by atoms with Crippen molar-refractivity contribution in [2.45, 2.75) is 44.9 Å². The first kappa shape index (κ1) is 26.5. The number of hydrogen-bond acceptors (Lipinski definition) is 5. The van der Waals surface area contributed by atoms with E-state index in [0.29, 0.717) is 37.2 Å². The van der Waals surface area contributed by atoms with Crippen LogP contribution in [0.2, 0.25) is 0 Å². The van der Waals surface area contributed by atoms with Gasteiger partial charge < -0.3 is 9.64 Å². The maximum absolute atomic E-state index is 13.2. The topological polar surface area (TPSA) is 36.0 Å². The number of ether oxygens (including phenoxy) is 1. The van der Waals surface area contributed by atoms with Crippen LogP contribution in [0.15, 0.2) is 48.5 Å². The van der Waals surface area contributed by atoms with Gasteiger partial charge in [-0.1, -0.05) is 30.3 Å². The van der Waals surface area contributed by atoms with Gasteiger partial charge in [-0.2, -0.15) is 13.2 Å². The summed E-state index contributed by atoms with van der Waals surface area (Å²) in [6, 6.07) is 14.4. The van der Waals surface area contributed by atoms with Crippen LogP contribution in [0, 0.1) is 12.8 Å². The van der Waals surface area contributed by atoms with Crippen molar-refractivity contribution in [2.24, 2.45) is 5.92 Å². The summed E-state index contributed by atoms with van der Waals surface area (Å²) < 4.78 is 44.4. The van der Waals surface area contributed by atoms with Gasteiger partial charge >= 0.3 is 12.1 Å². The Morgan fingerprint density at radius 1 is 1.03 bits per heavy atom. The van der Waals surface area contributed by atoms with E-state index >= 15 is 0 Å². The van der Waals surface area contributed by atoms with Crippen LogP contribution in [-0.2, 0) is 22.3 Å². The lowest BCUT2D eigenvalue weighted by atomic mass is 9.86. The second kappa shape index (κ2) is 11.6. The molecule has 196 valence electrons. The van der Waals surface area contributed by atoms with Crippen molar-refractivity contribution in [3.63, 3.8) is 0 Å². The van der Waals surface area contributed by atoms with E-state index in [4.69, 9.17) is 4.74 Å². The van der Waals surface area contributed by atoms with Gasteiger partial charge in [0, 0.05) is 57.4 Å². The van der Waals surface area contributed by atoms with Crippen molar-refractivity contribution in [3.05, 3.63) is 65.2 Å². The van der Waals surface area contributed by atoms with Crippen molar-refractivity contribution in [2.75, 3.05) is 51.3 Å². The molecule has 0 amide bonds. The van der Waals surface area contributed by atoms with Crippen LogP contribution in [0.25, 0.3) is 0 Å². The van der Waals surface area contributed by atoms with Crippen molar-refractivity contribution < 1.29 is 22.7 Å². The zero-order valence-corrected chi connectivity index (χ0v) is 21.1. The van der Waals surface area contributed by atoms with E-state index in [0.717, 1.165) is 51.6 Å². The summed E-state index contributed by atoms with van der Waals surface area (Å²) in [6.07, 6.45) is -2.15. The Balaban J connectivity index is 1.40. The molecule has 2 aliphatic heterocycles. The molecule has 8 heteroatoms. The molecule has 2 aliphatic rings. The van der Waals surface area contributed by atoms with Crippen LogP contribution in [0.1, 0.15) is 36.0 Å². The number of piperidine rings is 1. The molecule has 2 heterocycles. The molecule has 0 aromatic heterocycles. The van der Waals surface area contributed by atoms with Crippen LogP contribution in [0.5, 0.6) is 0 Å². The van der Waals surface area contributed by atoms with E-state index < -0.39 is 11.7 Å². The van der Waals surface area contributed by atoms with E-state index in [1.165, 1.54) is 30.4 Å². The zero-order valence-electron chi connectivity index (χ0n) is 21.1. The maximum atomic E-state index is 13.2. The number of carbonyl (C=O) groups is 1. The highest BCUT2D eigenvalue weighted by atomic mass is 19.4. The largest absolute Gasteiger partial charge is 0.469 e. The van der Waals surface area contributed by atoms with Crippen LogP contribution < -0.4 is 4.90 Å². The van der Waals surface area contributed by atoms with Crippen LogP contribution in [-0.4, -0.2) is 68.2 Å². The zero-order chi connectivity index (χ0) is 25.7. The number of aryl methyl sites for hydroxylation is 1. The average molecular weight is 504 g/mol. The number of alkyl halides is 3. The number of nitrogens with zero attached hydrogens (tertiary/aromatic N) is 3. The Morgan fingerprint density at radius 3 is 2.47 bits per heavy atom. The standard InChI is InChI=1S/C28H36F3N3O2/c1-21-6-3-4-7-22(21)19-32-13-12-26(23(20-32)10-11-27(35)36-2)34-16-14-33(15-17-34)25-9-5-8-24(18-25)28(29,30)31/h3-9,18,23,26H,10-17,19-20H2,1-2H3/t23-,26+/m0/s1. The van der Waals surface area contributed by atoms with Crippen LogP contribution in [0.4, 0.5) is 18.9 Å². The SMILES string of the molecule is COC(=O)CC[C@H]1CN(Cc2ccccc2C)CC[C@H]1N1CCN(c2cccc(C(F)(F)F)c2)CC1. The fraction of sp³-hybridized carbons (Fsp3) is 0.536. The number of piperazine rings is 1. The fourth-order valence-corrected chi connectivity index (χ4v) is 5.63. The van der Waals surface area contributed by atoms with E-state index in [1.54, 1.807) is 6.07 Å². The third kappa shape index (κ3) is 6.59. The minimum absolute atomic E-state index is 0.181. The fourth-order valence-electron chi connectivity index (χ4n) is 5.63. The van der Waals surface area contributed by atoms with Gasteiger partial charge in [0.25, 0.3) is 0 Å². The van der Waals surface area contributed by atoms with Gasteiger partial charge in [0.1, 0.15) is 0 Å². The van der Waals surface area contributed by atoms with Gasteiger partial charge in [0.2, 0.25) is 0 Å². The molecule has 5 nitrogen and oxygen atoms in total. The highest BCUT2D eigenvalue weighted by Crippen LogP contribution is 2.33. The number of esters is 1. The van der Waals surface area contributed by atoms with Crippen LogP contribution in [0.3, 0.4) is 0 Å². The lowest BCUT2D eigenvalue weighted by Gasteiger charge is -2.47. The molecular weight excluding hydrogens is 467 g/mol. The van der Waals surface area contributed by atoms with E-state index in [9.17, 15) is 18.0 Å². The first-order valence-electron chi connectivity index (χ1n) is 12.7. The number of hydrogen-bond donors (Lipinski definition) is 0. The molecular formula is C28H36F3N3O2. The molecule has 2 fully saturated rings. The number of anilines is 1. The van der Waals surface area contributed by atoms with Crippen molar-refractivity contribution >= 4 is 11.7 Å². The molecule has 0 N–H and O–H groups in total. The van der Waals surface area contributed by atoms with E-state index in [-0.39, 0.29) is 5.97 Å². The molecule has 2 atom stereocenters. The number of halogens is 3. The predicted octanol–water partition coefficient (Wildman–Crippen LogP) is 4.98. The molecule has 0 aliphatic carbocycles. The Bertz CT molecular complexity index is 1020. The van der Waals surface area contributed by atoms with Gasteiger partial charge in [-0.15, -0.1) is 0 Å². The smallest absolute Gasteiger partial charge is 0.416 e. The Labute approximate surface area is 211 Å². The van der Waals surface area contributed by atoms with E-state index in [2.05, 4.69) is 41.0 Å². The predicted molar refractivity (Wildman–Crippen MR) is 135 cm³/mol. The molecule has 2 aromatic rings. The number of benzene rings is 2. The van der Waals surface area contributed by atoms with Crippen LogP contribution >= 0.6 is 0 Å². The summed E-state index contributed by atoms with van der Waals surface area (Å²) in [6.45, 7) is 7.92. The van der Waals surface area contributed by atoms with Crippen molar-refractivity contribution in [1.82, 2.24) is 9.80 Å². The molecule has 0 unspecified atom stereocenters. The first-order chi connectivity index (χ1) is 17.2. The summed E-state index contributed by atoms with van der Waals surface area (Å²) in [5, 5.41) is 0. The van der Waals surface area contributed by atoms with Crippen molar-refractivity contribution in [3.8, 4) is 0 Å². The lowest BCUT2D eigenvalue weighted by molar-refractivity contribution is -0.141. The Hall–Kier alpha value is -2.58. The Morgan fingerprint density at radius 2 is 1.78 bits per heavy atom. The summed E-state index contributed by atoms with van der Waals surface area (Å²) in [5.74, 6) is 0.154. The molecule has 0 saturated carbocycles. The second-order valence-electron chi connectivity index (χ2n) is 9.96. The minimum Gasteiger partial charge on any atom is -0.469 e. The minimum atomic E-state index is -4.34. The maximum Gasteiger partial charge on any atom is 0.416 e. The number of likely N-dealkylation sites (tertiary alicyclic amines) is 1. The molecule has 2 aromatic carbocycles. The first-order valence-corrected chi connectivity index (χ1v) is 12.7. The van der Waals surface area contributed by atoms with Gasteiger partial charge in [-0.25, -0.2) is 0 Å². The van der Waals surface area contributed by atoms with Gasteiger partial charge in [0.05, 0.1) is 12.7 Å². The molecule has 0 radical (unpaired) electrons.